The van der Waals surface area contributed by atoms with Crippen molar-refractivity contribution in [2.75, 3.05) is 24.2 Å². The van der Waals surface area contributed by atoms with E-state index in [-0.39, 0.29) is 18.2 Å². The number of amides is 1. The molecule has 1 saturated heterocycles. The molecule has 22 heavy (non-hydrogen) atoms. The SMILES string of the molecule is CCS(=O)(=O)N1CCCC(C(=O)Nc2cc(F)ccc2C)C1. The Balaban J connectivity index is 2.08. The molecule has 1 aromatic rings. The van der Waals surface area contributed by atoms with E-state index in [4.69, 9.17) is 0 Å². The van der Waals surface area contributed by atoms with Crippen molar-refractivity contribution in [2.45, 2.75) is 26.7 Å². The number of hydrogen-bond donors (Lipinski definition) is 1. The molecule has 1 amide bonds. The van der Waals surface area contributed by atoms with Gasteiger partial charge in [0.05, 0.1) is 11.7 Å². The van der Waals surface area contributed by atoms with Gasteiger partial charge in [0, 0.05) is 18.8 Å². The second-order valence-electron chi connectivity index (χ2n) is 5.55. The molecule has 0 aromatic heterocycles. The van der Waals surface area contributed by atoms with Crippen LogP contribution in [0, 0.1) is 18.7 Å². The lowest BCUT2D eigenvalue weighted by Crippen LogP contribution is -2.44. The molecule has 7 heteroatoms. The smallest absolute Gasteiger partial charge is 0.228 e. The van der Waals surface area contributed by atoms with E-state index in [1.807, 2.05) is 0 Å². The predicted octanol–water partition coefficient (Wildman–Crippen LogP) is 2.13. The Labute approximate surface area is 130 Å². The van der Waals surface area contributed by atoms with Crippen LogP contribution < -0.4 is 5.32 Å². The molecule has 1 N–H and O–H groups in total. The number of carbonyl (C=O) groups excluding carboxylic acids is 1. The number of piperidine rings is 1. The molecule has 1 aromatic carbocycles. The summed E-state index contributed by atoms with van der Waals surface area (Å²) < 4.78 is 38.5. The van der Waals surface area contributed by atoms with Gasteiger partial charge in [0.25, 0.3) is 0 Å². The number of nitrogens with one attached hydrogen (secondary N) is 1. The number of carbonyl (C=O) groups is 1. The lowest BCUT2D eigenvalue weighted by Gasteiger charge is -2.31. The second kappa shape index (κ2) is 6.75. The fourth-order valence-corrected chi connectivity index (χ4v) is 3.73. The molecule has 1 unspecified atom stereocenters. The van der Waals surface area contributed by atoms with Crippen molar-refractivity contribution in [2.24, 2.45) is 5.92 Å². The molecule has 1 fully saturated rings. The Morgan fingerprint density at radius 2 is 2.18 bits per heavy atom. The number of hydrogen-bond acceptors (Lipinski definition) is 3. The van der Waals surface area contributed by atoms with Crippen LogP contribution in [0.15, 0.2) is 18.2 Å². The van der Waals surface area contributed by atoms with Crippen LogP contribution in [-0.4, -0.2) is 37.5 Å². The number of rotatable bonds is 4. The monoisotopic (exact) mass is 328 g/mol. The standard InChI is InChI=1S/C15H21FN2O3S/c1-3-22(20,21)18-8-4-5-12(10-18)15(19)17-14-9-13(16)7-6-11(14)2/h6-7,9,12H,3-5,8,10H2,1-2H3,(H,17,19). The van der Waals surface area contributed by atoms with Gasteiger partial charge in [-0.3, -0.25) is 4.79 Å². The van der Waals surface area contributed by atoms with Gasteiger partial charge in [-0.05, 0) is 44.4 Å². The Hall–Kier alpha value is -1.47. The molecule has 1 aliphatic heterocycles. The number of nitrogens with zero attached hydrogens (tertiary/aromatic N) is 1. The van der Waals surface area contributed by atoms with Crippen molar-refractivity contribution >= 4 is 21.6 Å². The summed E-state index contributed by atoms with van der Waals surface area (Å²) in [4.78, 5) is 12.3. The summed E-state index contributed by atoms with van der Waals surface area (Å²) in [5.41, 5.74) is 1.20. The zero-order valence-electron chi connectivity index (χ0n) is 12.8. The van der Waals surface area contributed by atoms with Gasteiger partial charge in [-0.15, -0.1) is 0 Å². The average molecular weight is 328 g/mol. The summed E-state index contributed by atoms with van der Waals surface area (Å²) in [6.45, 7) is 4.02. The van der Waals surface area contributed by atoms with E-state index in [9.17, 15) is 17.6 Å². The van der Waals surface area contributed by atoms with Gasteiger partial charge in [-0.2, -0.15) is 0 Å². The minimum absolute atomic E-state index is 0.0321. The molecule has 1 atom stereocenters. The lowest BCUT2D eigenvalue weighted by atomic mass is 9.98. The van der Waals surface area contributed by atoms with E-state index in [0.29, 0.717) is 25.1 Å². The zero-order valence-corrected chi connectivity index (χ0v) is 13.6. The highest BCUT2D eigenvalue weighted by Gasteiger charge is 2.31. The maximum absolute atomic E-state index is 13.3. The number of sulfonamides is 1. The Morgan fingerprint density at radius 3 is 2.86 bits per heavy atom. The minimum Gasteiger partial charge on any atom is -0.325 e. The molecule has 5 nitrogen and oxygen atoms in total. The van der Waals surface area contributed by atoms with Crippen molar-refractivity contribution < 1.29 is 17.6 Å². The molecule has 0 radical (unpaired) electrons. The summed E-state index contributed by atoms with van der Waals surface area (Å²) in [5.74, 6) is -1.05. The van der Waals surface area contributed by atoms with E-state index in [1.165, 1.54) is 16.4 Å². The molecular formula is C15H21FN2O3S. The summed E-state index contributed by atoms with van der Waals surface area (Å²) >= 11 is 0. The summed E-state index contributed by atoms with van der Waals surface area (Å²) in [6.07, 6.45) is 1.29. The highest BCUT2D eigenvalue weighted by molar-refractivity contribution is 7.89. The maximum Gasteiger partial charge on any atom is 0.228 e. The van der Waals surface area contributed by atoms with Gasteiger partial charge in [0.2, 0.25) is 15.9 Å². The molecule has 0 spiro atoms. The van der Waals surface area contributed by atoms with Crippen LogP contribution >= 0.6 is 0 Å². The highest BCUT2D eigenvalue weighted by Crippen LogP contribution is 2.22. The average Bonchev–Trinajstić information content (AvgIpc) is 2.51. The first-order valence-corrected chi connectivity index (χ1v) is 8.99. The van der Waals surface area contributed by atoms with E-state index < -0.39 is 21.8 Å². The van der Waals surface area contributed by atoms with Crippen molar-refractivity contribution in [3.8, 4) is 0 Å². The number of anilines is 1. The van der Waals surface area contributed by atoms with Crippen molar-refractivity contribution in [3.05, 3.63) is 29.6 Å². The fourth-order valence-electron chi connectivity index (χ4n) is 2.56. The van der Waals surface area contributed by atoms with Gasteiger partial charge in [-0.25, -0.2) is 17.1 Å². The van der Waals surface area contributed by atoms with Crippen LogP contribution in [0.3, 0.4) is 0 Å². The first kappa shape index (κ1) is 16.9. The quantitative estimate of drug-likeness (QED) is 0.921. The van der Waals surface area contributed by atoms with Crippen LogP contribution in [0.5, 0.6) is 0 Å². The molecule has 2 rings (SSSR count). The van der Waals surface area contributed by atoms with Crippen LogP contribution in [0.25, 0.3) is 0 Å². The third kappa shape index (κ3) is 3.84. The van der Waals surface area contributed by atoms with Crippen LogP contribution in [0.4, 0.5) is 10.1 Å². The van der Waals surface area contributed by atoms with Gasteiger partial charge in [-0.1, -0.05) is 6.07 Å². The number of benzene rings is 1. The normalized spacial score (nSPS) is 19.9. The fraction of sp³-hybridized carbons (Fsp3) is 0.533. The Kier molecular flexibility index (Phi) is 5.18. The molecule has 0 saturated carbocycles. The van der Waals surface area contributed by atoms with Gasteiger partial charge in [0.15, 0.2) is 0 Å². The number of aryl methyl sites for hydroxylation is 1. The molecule has 0 aliphatic carbocycles. The third-order valence-electron chi connectivity index (χ3n) is 3.97. The van der Waals surface area contributed by atoms with E-state index in [0.717, 1.165) is 5.56 Å². The van der Waals surface area contributed by atoms with Gasteiger partial charge in [0.1, 0.15) is 5.82 Å². The molecular weight excluding hydrogens is 307 g/mol. The van der Waals surface area contributed by atoms with E-state index in [1.54, 1.807) is 19.9 Å². The topological polar surface area (TPSA) is 66.5 Å². The minimum atomic E-state index is -3.28. The first-order valence-electron chi connectivity index (χ1n) is 7.38. The summed E-state index contributed by atoms with van der Waals surface area (Å²) in [6, 6.07) is 4.21. The van der Waals surface area contributed by atoms with Gasteiger partial charge < -0.3 is 5.32 Å². The molecule has 1 heterocycles. The Bertz CT molecular complexity index is 661. The van der Waals surface area contributed by atoms with E-state index in [2.05, 4.69) is 5.32 Å². The highest BCUT2D eigenvalue weighted by atomic mass is 32.2. The van der Waals surface area contributed by atoms with Crippen molar-refractivity contribution in [1.82, 2.24) is 4.31 Å². The summed E-state index contributed by atoms with van der Waals surface area (Å²) in [5, 5.41) is 2.71. The van der Waals surface area contributed by atoms with Gasteiger partial charge >= 0.3 is 0 Å². The van der Waals surface area contributed by atoms with Crippen LogP contribution in [0.1, 0.15) is 25.3 Å². The summed E-state index contributed by atoms with van der Waals surface area (Å²) in [7, 11) is -3.28. The van der Waals surface area contributed by atoms with Crippen molar-refractivity contribution in [3.63, 3.8) is 0 Å². The lowest BCUT2D eigenvalue weighted by molar-refractivity contribution is -0.120. The maximum atomic E-state index is 13.3. The predicted molar refractivity (Wildman–Crippen MR) is 83.5 cm³/mol. The molecule has 1 aliphatic rings. The van der Waals surface area contributed by atoms with Crippen LogP contribution in [0.2, 0.25) is 0 Å². The number of halogens is 1. The first-order chi connectivity index (χ1) is 10.3. The Morgan fingerprint density at radius 1 is 1.45 bits per heavy atom. The molecule has 0 bridgehead atoms. The molecule has 122 valence electrons. The van der Waals surface area contributed by atoms with E-state index >= 15 is 0 Å². The van der Waals surface area contributed by atoms with Crippen LogP contribution in [-0.2, 0) is 14.8 Å². The largest absolute Gasteiger partial charge is 0.325 e. The second-order valence-corrected chi connectivity index (χ2v) is 7.80. The van der Waals surface area contributed by atoms with Crippen molar-refractivity contribution in [1.29, 1.82) is 0 Å². The zero-order chi connectivity index (χ0) is 16.3. The third-order valence-corrected chi connectivity index (χ3v) is 5.82.